The normalized spacial score (nSPS) is 12.4. The lowest BCUT2D eigenvalue weighted by molar-refractivity contribution is 0.564. The number of rotatable bonds is 7. The van der Waals surface area contributed by atoms with Crippen LogP contribution in [0.1, 0.15) is 13.8 Å². The van der Waals surface area contributed by atoms with Crippen molar-refractivity contribution in [3.8, 4) is 0 Å². The summed E-state index contributed by atoms with van der Waals surface area (Å²) < 4.78 is 0. The summed E-state index contributed by atoms with van der Waals surface area (Å²) >= 11 is 0. The van der Waals surface area contributed by atoms with Crippen molar-refractivity contribution in [2.45, 2.75) is 13.8 Å². The first-order chi connectivity index (χ1) is 8.12. The summed E-state index contributed by atoms with van der Waals surface area (Å²) in [5.74, 6) is 0. The van der Waals surface area contributed by atoms with Gasteiger partial charge in [-0.1, -0.05) is 44.5 Å². The minimum Gasteiger partial charge on any atom is -0.315 e. The lowest BCUT2D eigenvalue weighted by Gasteiger charge is -2.26. The highest BCUT2D eigenvalue weighted by molar-refractivity contribution is 5.35. The van der Waals surface area contributed by atoms with Gasteiger partial charge >= 0.3 is 0 Å². The van der Waals surface area contributed by atoms with Crippen LogP contribution in [0.5, 0.6) is 0 Å². The Morgan fingerprint density at radius 2 is 1.53 bits per heavy atom. The fraction of sp³-hybridized carbons (Fsp3) is 0.125. The Kier molecular flexibility index (Phi) is 7.20. The summed E-state index contributed by atoms with van der Waals surface area (Å²) in [6, 6.07) is 0. The lowest BCUT2D eigenvalue weighted by Crippen LogP contribution is -2.17. The molecule has 0 aromatic heterocycles. The third kappa shape index (κ3) is 4.56. The Bertz CT molecular complexity index is 392. The first kappa shape index (κ1) is 15.0. The van der Waals surface area contributed by atoms with Crippen LogP contribution in [0.15, 0.2) is 85.9 Å². The van der Waals surface area contributed by atoms with Crippen LogP contribution in [-0.2, 0) is 0 Å². The van der Waals surface area contributed by atoms with E-state index < -0.39 is 0 Å². The maximum Gasteiger partial charge on any atom is 0.0451 e. The van der Waals surface area contributed by atoms with Crippen molar-refractivity contribution >= 4 is 0 Å². The molecule has 0 unspecified atom stereocenters. The lowest BCUT2D eigenvalue weighted by atomic mass is 10.2. The molecule has 1 nitrogen and oxygen atoms in total. The van der Waals surface area contributed by atoms with Gasteiger partial charge in [0.2, 0.25) is 0 Å². The third-order valence-electron chi connectivity index (χ3n) is 2.06. The van der Waals surface area contributed by atoms with Crippen molar-refractivity contribution in [2.24, 2.45) is 0 Å². The minimum atomic E-state index is 0.897. The maximum absolute atomic E-state index is 3.97. The van der Waals surface area contributed by atoms with Crippen LogP contribution >= 0.6 is 0 Å². The minimum absolute atomic E-state index is 0.897. The molecular formula is C16H21N. The van der Waals surface area contributed by atoms with Gasteiger partial charge in [0.25, 0.3) is 0 Å². The summed E-state index contributed by atoms with van der Waals surface area (Å²) in [5, 5.41) is 0. The molecule has 0 aromatic rings. The van der Waals surface area contributed by atoms with Gasteiger partial charge in [0.1, 0.15) is 0 Å². The molecule has 90 valence electrons. The van der Waals surface area contributed by atoms with Crippen LogP contribution in [0.4, 0.5) is 0 Å². The molecule has 0 fully saturated rings. The average molecular weight is 227 g/mol. The van der Waals surface area contributed by atoms with Gasteiger partial charge in [0, 0.05) is 17.1 Å². The van der Waals surface area contributed by atoms with E-state index in [0.29, 0.717) is 0 Å². The van der Waals surface area contributed by atoms with E-state index in [1.807, 2.05) is 43.1 Å². The molecule has 0 heterocycles. The molecule has 0 amide bonds. The van der Waals surface area contributed by atoms with Gasteiger partial charge in [-0.25, -0.2) is 0 Å². The number of hydrogen-bond donors (Lipinski definition) is 0. The average Bonchev–Trinajstić information content (AvgIpc) is 2.32. The Balaban J connectivity index is 5.55. The van der Waals surface area contributed by atoms with E-state index in [1.165, 1.54) is 0 Å². The van der Waals surface area contributed by atoms with Crippen LogP contribution in [0.2, 0.25) is 0 Å². The summed E-state index contributed by atoms with van der Waals surface area (Å²) in [7, 11) is 0. The zero-order valence-corrected chi connectivity index (χ0v) is 10.8. The van der Waals surface area contributed by atoms with Crippen LogP contribution in [0.25, 0.3) is 0 Å². The summed E-state index contributed by atoms with van der Waals surface area (Å²) in [5.41, 5.74) is 2.76. The molecule has 0 bridgehead atoms. The van der Waals surface area contributed by atoms with Crippen molar-refractivity contribution in [3.63, 3.8) is 0 Å². The highest BCUT2D eigenvalue weighted by Gasteiger charge is 2.09. The largest absolute Gasteiger partial charge is 0.315 e. The van der Waals surface area contributed by atoms with Gasteiger partial charge in [-0.15, -0.1) is 0 Å². The van der Waals surface area contributed by atoms with Crippen molar-refractivity contribution in [1.82, 2.24) is 4.90 Å². The predicted molar refractivity (Wildman–Crippen MR) is 78.2 cm³/mol. The smallest absolute Gasteiger partial charge is 0.0451 e. The molecule has 0 saturated carbocycles. The Morgan fingerprint density at radius 1 is 1.00 bits per heavy atom. The van der Waals surface area contributed by atoms with E-state index in [9.17, 15) is 0 Å². The van der Waals surface area contributed by atoms with Gasteiger partial charge in [-0.05, 0) is 38.2 Å². The first-order valence-electron chi connectivity index (χ1n) is 5.48. The molecule has 0 atom stereocenters. The Morgan fingerprint density at radius 3 is 1.88 bits per heavy atom. The molecular weight excluding hydrogens is 206 g/mol. The van der Waals surface area contributed by atoms with E-state index in [0.717, 1.165) is 17.1 Å². The number of hydrogen-bond acceptors (Lipinski definition) is 1. The molecule has 0 aliphatic rings. The quantitative estimate of drug-likeness (QED) is 0.569. The van der Waals surface area contributed by atoms with Crippen LogP contribution < -0.4 is 0 Å². The summed E-state index contributed by atoms with van der Waals surface area (Å²) in [4.78, 5) is 1.97. The standard InChI is InChI=1S/C16H21N/c1-7-11-13-16(10-4)17(14(5)6)15(9-3)12-8-2/h7-13H,2-5H2,1,6H3/b11-7-,15-12+,16-13+. The van der Waals surface area contributed by atoms with Crippen molar-refractivity contribution in [1.29, 1.82) is 0 Å². The van der Waals surface area contributed by atoms with Crippen LogP contribution in [0, 0.1) is 0 Å². The van der Waals surface area contributed by atoms with E-state index in [2.05, 4.69) is 26.3 Å². The van der Waals surface area contributed by atoms with Crippen molar-refractivity contribution in [2.75, 3.05) is 0 Å². The first-order valence-corrected chi connectivity index (χ1v) is 5.48. The predicted octanol–water partition coefficient (Wildman–Crippen LogP) is 4.72. The molecule has 0 aliphatic heterocycles. The van der Waals surface area contributed by atoms with Gasteiger partial charge in [0.05, 0.1) is 0 Å². The zero-order chi connectivity index (χ0) is 13.3. The molecule has 0 rings (SSSR count). The van der Waals surface area contributed by atoms with Gasteiger partial charge in [0.15, 0.2) is 0 Å². The molecule has 1 heteroatoms. The maximum atomic E-state index is 3.97. The van der Waals surface area contributed by atoms with Gasteiger partial charge in [-0.2, -0.15) is 0 Å². The Labute approximate surface area is 105 Å². The highest BCUT2D eigenvalue weighted by atomic mass is 15.1. The van der Waals surface area contributed by atoms with E-state index in [-0.39, 0.29) is 0 Å². The third-order valence-corrected chi connectivity index (χ3v) is 2.06. The highest BCUT2D eigenvalue weighted by Crippen LogP contribution is 2.20. The second kappa shape index (κ2) is 8.17. The zero-order valence-electron chi connectivity index (χ0n) is 10.8. The van der Waals surface area contributed by atoms with Crippen molar-refractivity contribution in [3.05, 3.63) is 85.9 Å². The number of nitrogens with zero attached hydrogens (tertiary/aromatic N) is 1. The molecule has 0 aliphatic carbocycles. The fourth-order valence-corrected chi connectivity index (χ4v) is 1.37. The topological polar surface area (TPSA) is 3.24 Å². The second-order valence-corrected chi connectivity index (χ2v) is 3.42. The molecule has 0 aromatic carbocycles. The molecule has 0 saturated heterocycles. The second-order valence-electron chi connectivity index (χ2n) is 3.42. The molecule has 0 spiro atoms. The molecule has 0 radical (unpaired) electrons. The van der Waals surface area contributed by atoms with E-state index in [1.54, 1.807) is 18.2 Å². The summed E-state index contributed by atoms with van der Waals surface area (Å²) in [6.45, 7) is 19.2. The van der Waals surface area contributed by atoms with Gasteiger partial charge in [-0.3, -0.25) is 0 Å². The SMILES string of the molecule is C=C/C=C(\C=C)N(C(=C)C)/C(C=C)=C/C=C\C. The fourth-order valence-electron chi connectivity index (χ4n) is 1.37. The Hall–Kier alpha value is -2.02. The van der Waals surface area contributed by atoms with Crippen molar-refractivity contribution < 1.29 is 0 Å². The number of allylic oxidation sites excluding steroid dienone is 8. The van der Waals surface area contributed by atoms with Crippen LogP contribution in [-0.4, -0.2) is 4.90 Å². The van der Waals surface area contributed by atoms with Crippen LogP contribution in [0.3, 0.4) is 0 Å². The van der Waals surface area contributed by atoms with E-state index >= 15 is 0 Å². The molecule has 0 N–H and O–H groups in total. The van der Waals surface area contributed by atoms with E-state index in [4.69, 9.17) is 0 Å². The summed E-state index contributed by atoms with van der Waals surface area (Å²) in [6.07, 6.45) is 13.1. The monoisotopic (exact) mass is 227 g/mol. The molecule has 17 heavy (non-hydrogen) atoms. The van der Waals surface area contributed by atoms with Gasteiger partial charge < -0.3 is 4.90 Å².